The van der Waals surface area contributed by atoms with Crippen LogP contribution in [-0.2, 0) is 0 Å². The van der Waals surface area contributed by atoms with Crippen LogP contribution in [0.1, 0.15) is 0 Å². The molecule has 0 saturated carbocycles. The van der Waals surface area contributed by atoms with E-state index in [2.05, 4.69) is 227 Å². The molecule has 0 aliphatic carbocycles. The average molecular weight is 654 g/mol. The number of fused-ring (bicyclic) bond motifs is 3. The molecule has 242 valence electrons. The van der Waals surface area contributed by atoms with Gasteiger partial charge < -0.3 is 14.4 Å². The van der Waals surface area contributed by atoms with Gasteiger partial charge in [0, 0.05) is 50.6 Å². The fourth-order valence-corrected chi connectivity index (χ4v) is 7.18. The fourth-order valence-electron chi connectivity index (χ4n) is 7.18. The molecule has 0 bridgehead atoms. The molecule has 9 rings (SSSR count). The van der Waals surface area contributed by atoms with E-state index in [1.165, 1.54) is 32.9 Å². The lowest BCUT2D eigenvalue weighted by molar-refractivity contribution is 1.17. The van der Waals surface area contributed by atoms with Crippen LogP contribution < -0.4 is 9.80 Å². The Kier molecular flexibility index (Phi) is 7.84. The van der Waals surface area contributed by atoms with E-state index < -0.39 is 0 Å². The third-order valence-corrected chi connectivity index (χ3v) is 9.56. The summed E-state index contributed by atoms with van der Waals surface area (Å²) < 4.78 is 2.40. The van der Waals surface area contributed by atoms with Crippen molar-refractivity contribution in [3.05, 3.63) is 212 Å². The molecule has 1 aromatic heterocycles. The Morgan fingerprint density at radius 1 is 0.275 bits per heavy atom. The summed E-state index contributed by atoms with van der Waals surface area (Å²) in [5.41, 5.74) is 12.6. The second-order valence-corrected chi connectivity index (χ2v) is 12.7. The standard InChI is InChI=1S/C48H35N3/c1-5-15-38(16-6-1)49(39-17-7-2-8-18-39)42-28-25-36(26-29-42)37-27-34-46-45-23-13-14-24-47(45)51(48(46)35-37)44-32-30-43(31-33-44)50(40-19-9-3-10-20-40)41-21-11-4-12-22-41/h1-35H. The number of rotatable bonds is 8. The van der Waals surface area contributed by atoms with Crippen LogP contribution in [-0.4, -0.2) is 4.57 Å². The predicted molar refractivity (Wildman–Crippen MR) is 216 cm³/mol. The number of hydrogen-bond acceptors (Lipinski definition) is 2. The van der Waals surface area contributed by atoms with Crippen molar-refractivity contribution in [2.24, 2.45) is 0 Å². The van der Waals surface area contributed by atoms with Gasteiger partial charge in [0.05, 0.1) is 11.0 Å². The molecule has 9 aromatic rings. The minimum Gasteiger partial charge on any atom is -0.311 e. The van der Waals surface area contributed by atoms with Gasteiger partial charge in [-0.2, -0.15) is 0 Å². The number of aromatic nitrogens is 1. The Labute approximate surface area is 298 Å². The van der Waals surface area contributed by atoms with Gasteiger partial charge in [0.2, 0.25) is 0 Å². The van der Waals surface area contributed by atoms with Crippen LogP contribution in [0.3, 0.4) is 0 Å². The molecule has 51 heavy (non-hydrogen) atoms. The summed E-state index contributed by atoms with van der Waals surface area (Å²) in [5.74, 6) is 0. The van der Waals surface area contributed by atoms with Crippen LogP contribution in [0.4, 0.5) is 34.1 Å². The molecule has 0 N–H and O–H groups in total. The number of hydrogen-bond donors (Lipinski definition) is 0. The van der Waals surface area contributed by atoms with Crippen molar-refractivity contribution in [2.45, 2.75) is 0 Å². The highest BCUT2D eigenvalue weighted by Crippen LogP contribution is 2.39. The third kappa shape index (κ3) is 5.71. The summed E-state index contributed by atoms with van der Waals surface area (Å²) in [6.07, 6.45) is 0. The second kappa shape index (κ2) is 13.2. The van der Waals surface area contributed by atoms with Crippen LogP contribution in [0, 0.1) is 0 Å². The van der Waals surface area contributed by atoms with Crippen molar-refractivity contribution in [2.75, 3.05) is 9.80 Å². The van der Waals surface area contributed by atoms with E-state index in [4.69, 9.17) is 0 Å². The lowest BCUT2D eigenvalue weighted by Crippen LogP contribution is -2.09. The van der Waals surface area contributed by atoms with Gasteiger partial charge in [-0.25, -0.2) is 0 Å². The summed E-state index contributed by atoms with van der Waals surface area (Å²) in [5, 5.41) is 2.49. The zero-order valence-corrected chi connectivity index (χ0v) is 28.0. The Balaban J connectivity index is 1.11. The largest absolute Gasteiger partial charge is 0.311 e. The zero-order chi connectivity index (χ0) is 34.0. The van der Waals surface area contributed by atoms with E-state index in [-0.39, 0.29) is 0 Å². The fraction of sp³-hybridized carbons (Fsp3) is 0. The summed E-state index contributed by atoms with van der Waals surface area (Å²) in [6.45, 7) is 0. The van der Waals surface area contributed by atoms with E-state index in [1.807, 2.05) is 0 Å². The predicted octanol–water partition coefficient (Wildman–Crippen LogP) is 13.4. The van der Waals surface area contributed by atoms with Gasteiger partial charge in [-0.3, -0.25) is 0 Å². The highest BCUT2D eigenvalue weighted by Gasteiger charge is 2.17. The van der Waals surface area contributed by atoms with E-state index in [1.54, 1.807) is 0 Å². The molecule has 3 nitrogen and oxygen atoms in total. The molecule has 3 heteroatoms. The monoisotopic (exact) mass is 653 g/mol. The minimum atomic E-state index is 1.11. The molecule has 1 heterocycles. The van der Waals surface area contributed by atoms with Crippen LogP contribution in [0.5, 0.6) is 0 Å². The van der Waals surface area contributed by atoms with Crippen molar-refractivity contribution >= 4 is 55.9 Å². The van der Waals surface area contributed by atoms with E-state index in [9.17, 15) is 0 Å². The summed E-state index contributed by atoms with van der Waals surface area (Å²) in [7, 11) is 0. The molecule has 0 amide bonds. The van der Waals surface area contributed by atoms with Gasteiger partial charge in [0.25, 0.3) is 0 Å². The van der Waals surface area contributed by atoms with Crippen molar-refractivity contribution in [1.29, 1.82) is 0 Å². The van der Waals surface area contributed by atoms with Gasteiger partial charge in [0.15, 0.2) is 0 Å². The molecule has 8 aromatic carbocycles. The number of para-hydroxylation sites is 5. The van der Waals surface area contributed by atoms with Gasteiger partial charge >= 0.3 is 0 Å². The maximum absolute atomic E-state index is 2.40. The first-order valence-corrected chi connectivity index (χ1v) is 17.4. The van der Waals surface area contributed by atoms with Crippen molar-refractivity contribution in [3.8, 4) is 16.8 Å². The minimum absolute atomic E-state index is 1.11. The Morgan fingerprint density at radius 3 is 1.14 bits per heavy atom. The SMILES string of the molecule is c1ccc(N(c2ccccc2)c2ccc(-c3ccc4c5ccccc5n(-c5ccc(N(c6ccccc6)c6ccccc6)cc5)c4c3)cc2)cc1. The molecule has 0 unspecified atom stereocenters. The first-order valence-electron chi connectivity index (χ1n) is 17.4. The molecule has 0 atom stereocenters. The second-order valence-electron chi connectivity index (χ2n) is 12.7. The maximum atomic E-state index is 2.40. The lowest BCUT2D eigenvalue weighted by atomic mass is 10.0. The molecule has 0 aliphatic rings. The van der Waals surface area contributed by atoms with Crippen LogP contribution >= 0.6 is 0 Å². The molecule has 0 fully saturated rings. The van der Waals surface area contributed by atoms with Crippen molar-refractivity contribution in [3.63, 3.8) is 0 Å². The molecule has 0 radical (unpaired) electrons. The zero-order valence-electron chi connectivity index (χ0n) is 28.0. The van der Waals surface area contributed by atoms with Crippen LogP contribution in [0.15, 0.2) is 212 Å². The lowest BCUT2D eigenvalue weighted by Gasteiger charge is -2.25. The van der Waals surface area contributed by atoms with E-state index in [0.29, 0.717) is 0 Å². The smallest absolute Gasteiger partial charge is 0.0547 e. The molecule has 0 spiro atoms. The van der Waals surface area contributed by atoms with Gasteiger partial charge in [-0.1, -0.05) is 115 Å². The summed E-state index contributed by atoms with van der Waals surface area (Å²) in [6, 6.07) is 75.6. The molecule has 0 saturated heterocycles. The van der Waals surface area contributed by atoms with Crippen molar-refractivity contribution in [1.82, 2.24) is 4.57 Å². The molecule has 0 aliphatic heterocycles. The number of anilines is 6. The number of benzene rings is 8. The summed E-state index contributed by atoms with van der Waals surface area (Å²) in [4.78, 5) is 4.60. The third-order valence-electron chi connectivity index (χ3n) is 9.56. The highest BCUT2D eigenvalue weighted by atomic mass is 15.1. The van der Waals surface area contributed by atoms with Crippen LogP contribution in [0.2, 0.25) is 0 Å². The quantitative estimate of drug-likeness (QED) is 0.162. The van der Waals surface area contributed by atoms with E-state index in [0.717, 1.165) is 39.8 Å². The Hall–Kier alpha value is -6.84. The molecular weight excluding hydrogens is 619 g/mol. The normalized spacial score (nSPS) is 11.1. The topological polar surface area (TPSA) is 11.4 Å². The Morgan fingerprint density at radius 2 is 0.647 bits per heavy atom. The Bertz CT molecular complexity index is 2460. The average Bonchev–Trinajstić information content (AvgIpc) is 3.54. The first kappa shape index (κ1) is 30.2. The number of nitrogens with zero attached hydrogens (tertiary/aromatic N) is 3. The van der Waals surface area contributed by atoms with E-state index >= 15 is 0 Å². The maximum Gasteiger partial charge on any atom is 0.0547 e. The van der Waals surface area contributed by atoms with Crippen molar-refractivity contribution < 1.29 is 0 Å². The van der Waals surface area contributed by atoms with Gasteiger partial charge in [-0.05, 0) is 108 Å². The highest BCUT2D eigenvalue weighted by molar-refractivity contribution is 6.10. The van der Waals surface area contributed by atoms with Gasteiger partial charge in [-0.15, -0.1) is 0 Å². The molecular formula is C48H35N3. The van der Waals surface area contributed by atoms with Crippen LogP contribution in [0.25, 0.3) is 38.6 Å². The summed E-state index contributed by atoms with van der Waals surface area (Å²) >= 11 is 0. The first-order chi connectivity index (χ1) is 25.3. The van der Waals surface area contributed by atoms with Gasteiger partial charge in [0.1, 0.15) is 0 Å².